The van der Waals surface area contributed by atoms with Crippen LogP contribution in [0.3, 0.4) is 0 Å². The van der Waals surface area contributed by atoms with Crippen LogP contribution in [-0.4, -0.2) is 29.0 Å². The maximum absolute atomic E-state index is 4.52. The summed E-state index contributed by atoms with van der Waals surface area (Å²) >= 11 is 1.86. The van der Waals surface area contributed by atoms with E-state index in [0.29, 0.717) is 0 Å². The van der Waals surface area contributed by atoms with E-state index in [1.165, 1.54) is 50.9 Å². The van der Waals surface area contributed by atoms with Crippen LogP contribution < -0.4 is 0 Å². The molecule has 0 radical (unpaired) electrons. The fourth-order valence-corrected chi connectivity index (χ4v) is 4.22. The molecule has 17 heavy (non-hydrogen) atoms. The molecule has 0 amide bonds. The molecular weight excluding hydrogens is 252 g/mol. The number of thiazole rings is 1. The second kappa shape index (κ2) is 5.68. The Kier molecular flexibility index (Phi) is 4.45. The smallest absolute Gasteiger partial charge is 0.0797 e. The predicted molar refractivity (Wildman–Crippen MR) is 75.1 cm³/mol. The molecule has 0 N–H and O–H groups in total. The van der Waals surface area contributed by atoms with Gasteiger partial charge in [-0.1, -0.05) is 6.92 Å². The van der Waals surface area contributed by atoms with Crippen molar-refractivity contribution in [2.24, 2.45) is 5.92 Å². The molecule has 3 rings (SSSR count). The Balaban J connectivity index is 0.00000108. The molecule has 0 aromatic carbocycles. The zero-order chi connectivity index (χ0) is 11.0. The van der Waals surface area contributed by atoms with Crippen molar-refractivity contribution in [2.45, 2.75) is 45.1 Å². The molecule has 1 saturated heterocycles. The zero-order valence-corrected chi connectivity index (χ0v) is 12.0. The third-order valence-electron chi connectivity index (χ3n) is 4.12. The Morgan fingerprint density at radius 1 is 1.47 bits per heavy atom. The normalized spacial score (nSPS) is 28.1. The summed E-state index contributed by atoms with van der Waals surface area (Å²) in [6, 6.07) is 0.821. The molecule has 4 heteroatoms. The lowest BCUT2D eigenvalue weighted by atomic mass is 9.79. The minimum atomic E-state index is 0. The zero-order valence-electron chi connectivity index (χ0n) is 10.4. The van der Waals surface area contributed by atoms with Crippen LogP contribution in [0.4, 0.5) is 0 Å². The summed E-state index contributed by atoms with van der Waals surface area (Å²) in [6.07, 6.45) is 6.61. The quantitative estimate of drug-likeness (QED) is 0.822. The highest BCUT2D eigenvalue weighted by atomic mass is 35.5. The number of hydrogen-bond donors (Lipinski definition) is 0. The molecule has 0 bridgehead atoms. The minimum absolute atomic E-state index is 0. The Bertz CT molecular complexity index is 364. The van der Waals surface area contributed by atoms with Crippen molar-refractivity contribution in [2.75, 3.05) is 13.1 Å². The summed E-state index contributed by atoms with van der Waals surface area (Å²) in [5, 5.41) is 0. The van der Waals surface area contributed by atoms with Gasteiger partial charge in [0, 0.05) is 10.9 Å². The standard InChI is InChI=1S/C13H20N2S.ClH/c1-2-5-15-6-3-4-10-7-11-13(8-12(10)15)16-9-14-11;/h9-10,12H,2-8H2,1H3;1H. The van der Waals surface area contributed by atoms with E-state index in [1.54, 1.807) is 4.88 Å². The highest BCUT2D eigenvalue weighted by molar-refractivity contribution is 7.09. The van der Waals surface area contributed by atoms with Crippen LogP contribution in [0.1, 0.15) is 36.8 Å². The van der Waals surface area contributed by atoms with Crippen molar-refractivity contribution in [1.29, 1.82) is 0 Å². The Hall–Kier alpha value is -0.120. The first-order valence-electron chi connectivity index (χ1n) is 6.53. The van der Waals surface area contributed by atoms with Crippen LogP contribution in [0.15, 0.2) is 5.51 Å². The van der Waals surface area contributed by atoms with Crippen LogP contribution in [0, 0.1) is 5.92 Å². The van der Waals surface area contributed by atoms with Gasteiger partial charge in [0.15, 0.2) is 0 Å². The summed E-state index contributed by atoms with van der Waals surface area (Å²) in [5.41, 5.74) is 3.44. The lowest BCUT2D eigenvalue weighted by Crippen LogP contribution is -2.49. The van der Waals surface area contributed by atoms with E-state index in [1.807, 2.05) is 16.8 Å². The molecule has 0 spiro atoms. The van der Waals surface area contributed by atoms with Crippen LogP contribution in [0.2, 0.25) is 0 Å². The highest BCUT2D eigenvalue weighted by Crippen LogP contribution is 2.35. The number of likely N-dealkylation sites (tertiary alicyclic amines) is 1. The predicted octanol–water partition coefficient (Wildman–Crippen LogP) is 3.15. The number of aromatic nitrogens is 1. The van der Waals surface area contributed by atoms with Gasteiger partial charge in [-0.05, 0) is 51.1 Å². The van der Waals surface area contributed by atoms with E-state index in [9.17, 15) is 0 Å². The second-order valence-corrected chi connectivity index (χ2v) is 6.08. The summed E-state index contributed by atoms with van der Waals surface area (Å²) < 4.78 is 0. The van der Waals surface area contributed by atoms with E-state index >= 15 is 0 Å². The first-order chi connectivity index (χ1) is 7.88. The summed E-state index contributed by atoms with van der Waals surface area (Å²) in [4.78, 5) is 8.81. The summed E-state index contributed by atoms with van der Waals surface area (Å²) in [6.45, 7) is 4.91. The fourth-order valence-electron chi connectivity index (χ4n) is 3.38. The third kappa shape index (κ3) is 2.51. The van der Waals surface area contributed by atoms with Gasteiger partial charge in [-0.3, -0.25) is 4.90 Å². The molecule has 1 aromatic heterocycles. The molecule has 2 nitrogen and oxygen atoms in total. The van der Waals surface area contributed by atoms with Gasteiger partial charge < -0.3 is 0 Å². The Labute approximate surface area is 114 Å². The van der Waals surface area contributed by atoms with Gasteiger partial charge in [-0.15, -0.1) is 23.7 Å². The molecule has 1 aromatic rings. The lowest BCUT2D eigenvalue weighted by Gasteiger charge is -2.43. The lowest BCUT2D eigenvalue weighted by molar-refractivity contribution is 0.0857. The molecule has 2 heterocycles. The van der Waals surface area contributed by atoms with E-state index in [0.717, 1.165) is 12.0 Å². The van der Waals surface area contributed by atoms with Crippen LogP contribution in [0.5, 0.6) is 0 Å². The topological polar surface area (TPSA) is 16.1 Å². The average Bonchev–Trinajstić information content (AvgIpc) is 2.74. The van der Waals surface area contributed by atoms with Crippen molar-refractivity contribution in [1.82, 2.24) is 9.88 Å². The van der Waals surface area contributed by atoms with Crippen molar-refractivity contribution < 1.29 is 0 Å². The second-order valence-electron chi connectivity index (χ2n) is 5.14. The summed E-state index contributed by atoms with van der Waals surface area (Å²) in [5.74, 6) is 0.884. The minimum Gasteiger partial charge on any atom is -0.300 e. The molecule has 1 aliphatic carbocycles. The number of fused-ring (bicyclic) bond motifs is 2. The average molecular weight is 273 g/mol. The number of halogens is 1. The number of piperidine rings is 1. The monoisotopic (exact) mass is 272 g/mol. The van der Waals surface area contributed by atoms with Gasteiger partial charge in [-0.2, -0.15) is 0 Å². The van der Waals surface area contributed by atoms with Gasteiger partial charge in [0.05, 0.1) is 11.2 Å². The number of hydrogen-bond acceptors (Lipinski definition) is 3. The van der Waals surface area contributed by atoms with E-state index in [-0.39, 0.29) is 12.4 Å². The molecule has 1 aliphatic heterocycles. The molecule has 2 atom stereocenters. The number of nitrogens with zero attached hydrogens (tertiary/aromatic N) is 2. The Morgan fingerprint density at radius 2 is 2.35 bits per heavy atom. The van der Waals surface area contributed by atoms with Crippen LogP contribution >= 0.6 is 23.7 Å². The van der Waals surface area contributed by atoms with Gasteiger partial charge in [0.1, 0.15) is 0 Å². The largest absolute Gasteiger partial charge is 0.300 e. The maximum Gasteiger partial charge on any atom is 0.0797 e. The SMILES string of the molecule is CCCN1CCCC2Cc3ncsc3CC21.Cl. The van der Waals surface area contributed by atoms with Gasteiger partial charge >= 0.3 is 0 Å². The van der Waals surface area contributed by atoms with Crippen LogP contribution in [-0.2, 0) is 12.8 Å². The Morgan fingerprint density at radius 3 is 3.18 bits per heavy atom. The third-order valence-corrected chi connectivity index (χ3v) is 5.02. The molecule has 0 saturated carbocycles. The van der Waals surface area contributed by atoms with Crippen LogP contribution in [0.25, 0.3) is 0 Å². The van der Waals surface area contributed by atoms with Crippen molar-refractivity contribution in [3.8, 4) is 0 Å². The number of rotatable bonds is 2. The van der Waals surface area contributed by atoms with Gasteiger partial charge in [-0.25, -0.2) is 4.98 Å². The molecule has 2 aliphatic rings. The maximum atomic E-state index is 4.52. The first kappa shape index (κ1) is 13.3. The summed E-state index contributed by atoms with van der Waals surface area (Å²) in [7, 11) is 0. The van der Waals surface area contributed by atoms with Crippen molar-refractivity contribution in [3.05, 3.63) is 16.1 Å². The van der Waals surface area contributed by atoms with Crippen molar-refractivity contribution >= 4 is 23.7 Å². The van der Waals surface area contributed by atoms with Gasteiger partial charge in [0.25, 0.3) is 0 Å². The van der Waals surface area contributed by atoms with Crippen molar-refractivity contribution in [3.63, 3.8) is 0 Å². The molecule has 1 fully saturated rings. The van der Waals surface area contributed by atoms with Gasteiger partial charge in [0.2, 0.25) is 0 Å². The highest BCUT2D eigenvalue weighted by Gasteiger charge is 2.35. The first-order valence-corrected chi connectivity index (χ1v) is 7.41. The fraction of sp³-hybridized carbons (Fsp3) is 0.769. The molecule has 96 valence electrons. The van der Waals surface area contributed by atoms with E-state index in [2.05, 4.69) is 16.8 Å². The molecule has 2 unspecified atom stereocenters. The molecular formula is C13H21ClN2S. The van der Waals surface area contributed by atoms with E-state index < -0.39 is 0 Å². The van der Waals surface area contributed by atoms with E-state index in [4.69, 9.17) is 0 Å².